The van der Waals surface area contributed by atoms with E-state index in [1.807, 2.05) is 35.7 Å². The number of thioether (sulfide) groups is 1. The maximum atomic E-state index is 12.6. The minimum Gasteiger partial charge on any atom is -0.297 e. The quantitative estimate of drug-likeness (QED) is 0.310. The van der Waals surface area contributed by atoms with Crippen molar-refractivity contribution in [2.24, 2.45) is 0 Å². The van der Waals surface area contributed by atoms with Crippen LogP contribution in [0.3, 0.4) is 0 Å². The average Bonchev–Trinajstić information content (AvgIpc) is 3.51. The molecule has 154 valence electrons. The van der Waals surface area contributed by atoms with Gasteiger partial charge in [-0.15, -0.1) is 21.5 Å². The Kier molecular flexibility index (Phi) is 5.40. The van der Waals surface area contributed by atoms with Crippen LogP contribution >= 0.6 is 23.1 Å². The fourth-order valence-electron chi connectivity index (χ4n) is 3.56. The second kappa shape index (κ2) is 8.49. The van der Waals surface area contributed by atoms with Crippen LogP contribution in [0.15, 0.2) is 77.3 Å². The van der Waals surface area contributed by atoms with E-state index in [0.29, 0.717) is 30.0 Å². The highest BCUT2D eigenvalue weighted by atomic mass is 32.2. The van der Waals surface area contributed by atoms with Gasteiger partial charge in [-0.05, 0) is 29.1 Å². The lowest BCUT2D eigenvalue weighted by atomic mass is 10.1. The number of carbonyl (C=O) groups excluding carboxylic acids is 2. The van der Waals surface area contributed by atoms with Crippen LogP contribution in [0, 0.1) is 0 Å². The van der Waals surface area contributed by atoms with Crippen LogP contribution in [0.25, 0.3) is 10.7 Å². The van der Waals surface area contributed by atoms with E-state index in [0.717, 1.165) is 21.4 Å². The third kappa shape index (κ3) is 3.80. The summed E-state index contributed by atoms with van der Waals surface area (Å²) >= 11 is 3.12. The molecule has 0 N–H and O–H groups in total. The highest BCUT2D eigenvalue weighted by molar-refractivity contribution is 7.99. The summed E-state index contributed by atoms with van der Waals surface area (Å²) in [5.74, 6) is 0.905. The summed E-state index contributed by atoms with van der Waals surface area (Å²) in [6.45, 7) is 0.972. The molecule has 0 aliphatic carbocycles. The number of hydrogen-bond acceptors (Lipinski definition) is 6. The molecule has 0 saturated carbocycles. The number of aromatic nitrogens is 3. The first-order valence-corrected chi connectivity index (χ1v) is 11.7. The smallest absolute Gasteiger partial charge is 0.261 e. The lowest BCUT2D eigenvalue weighted by molar-refractivity contribution is 0.0664. The van der Waals surface area contributed by atoms with Crippen molar-refractivity contribution in [3.05, 3.63) is 88.8 Å². The van der Waals surface area contributed by atoms with Gasteiger partial charge in [-0.3, -0.25) is 19.1 Å². The van der Waals surface area contributed by atoms with Gasteiger partial charge in [0.05, 0.1) is 22.5 Å². The lowest BCUT2D eigenvalue weighted by Crippen LogP contribution is -2.31. The van der Waals surface area contributed by atoms with E-state index >= 15 is 0 Å². The Hall–Kier alpha value is -3.23. The van der Waals surface area contributed by atoms with E-state index in [-0.39, 0.29) is 11.8 Å². The zero-order valence-corrected chi connectivity index (χ0v) is 18.1. The first-order valence-electron chi connectivity index (χ1n) is 9.81. The Balaban J connectivity index is 1.34. The molecule has 2 aromatic carbocycles. The third-order valence-electron chi connectivity index (χ3n) is 5.07. The minimum atomic E-state index is -0.230. The van der Waals surface area contributed by atoms with Crippen LogP contribution in [0.5, 0.6) is 0 Å². The van der Waals surface area contributed by atoms with Crippen molar-refractivity contribution in [1.29, 1.82) is 0 Å². The highest BCUT2D eigenvalue weighted by Crippen LogP contribution is 2.29. The summed E-state index contributed by atoms with van der Waals surface area (Å²) in [6, 6.07) is 21.2. The summed E-state index contributed by atoms with van der Waals surface area (Å²) in [5, 5.41) is 11.6. The summed E-state index contributed by atoms with van der Waals surface area (Å²) in [6.07, 6.45) is 0. The first kappa shape index (κ1) is 19.7. The van der Waals surface area contributed by atoms with Crippen molar-refractivity contribution in [1.82, 2.24) is 19.7 Å². The zero-order valence-electron chi connectivity index (χ0n) is 16.5. The molecule has 0 spiro atoms. The van der Waals surface area contributed by atoms with E-state index in [1.165, 1.54) is 16.7 Å². The topological polar surface area (TPSA) is 68.1 Å². The van der Waals surface area contributed by atoms with Crippen LogP contribution in [-0.4, -0.2) is 43.8 Å². The van der Waals surface area contributed by atoms with Gasteiger partial charge < -0.3 is 0 Å². The number of carbonyl (C=O) groups is 2. The van der Waals surface area contributed by atoms with Gasteiger partial charge in [0.15, 0.2) is 11.0 Å². The maximum Gasteiger partial charge on any atom is 0.261 e. The van der Waals surface area contributed by atoms with Crippen molar-refractivity contribution < 1.29 is 9.59 Å². The van der Waals surface area contributed by atoms with Gasteiger partial charge >= 0.3 is 0 Å². The Morgan fingerprint density at radius 3 is 2.23 bits per heavy atom. The van der Waals surface area contributed by atoms with Gasteiger partial charge in [-0.1, -0.05) is 60.3 Å². The molecule has 3 heterocycles. The minimum absolute atomic E-state index is 0.230. The molecule has 0 unspecified atom stereocenters. The summed E-state index contributed by atoms with van der Waals surface area (Å²) in [7, 11) is 0. The zero-order chi connectivity index (χ0) is 21.2. The molecule has 0 fully saturated rings. The van der Waals surface area contributed by atoms with Crippen molar-refractivity contribution in [2.75, 3.05) is 12.3 Å². The van der Waals surface area contributed by atoms with E-state index in [2.05, 4.69) is 26.9 Å². The summed E-state index contributed by atoms with van der Waals surface area (Å²) < 4.78 is 2.09. The number of hydrogen-bond donors (Lipinski definition) is 0. The van der Waals surface area contributed by atoms with Crippen LogP contribution in [-0.2, 0) is 6.54 Å². The van der Waals surface area contributed by atoms with E-state index < -0.39 is 0 Å². The van der Waals surface area contributed by atoms with Crippen molar-refractivity contribution in [3.8, 4) is 10.7 Å². The molecule has 8 heteroatoms. The van der Waals surface area contributed by atoms with Crippen LogP contribution in [0.1, 0.15) is 26.3 Å². The van der Waals surface area contributed by atoms with Gasteiger partial charge in [0.1, 0.15) is 0 Å². The summed E-state index contributed by atoms with van der Waals surface area (Å²) in [5.41, 5.74) is 2.11. The Labute approximate surface area is 187 Å². The van der Waals surface area contributed by atoms with Gasteiger partial charge in [0.25, 0.3) is 11.8 Å². The molecule has 1 aliphatic rings. The van der Waals surface area contributed by atoms with Crippen molar-refractivity contribution in [2.45, 2.75) is 11.7 Å². The fraction of sp³-hybridized carbons (Fsp3) is 0.130. The number of fused-ring (bicyclic) bond motifs is 1. The molecule has 1 aliphatic heterocycles. The van der Waals surface area contributed by atoms with E-state index in [9.17, 15) is 9.59 Å². The van der Waals surface area contributed by atoms with Gasteiger partial charge in [-0.25, -0.2) is 0 Å². The third-order valence-corrected chi connectivity index (χ3v) is 6.88. The maximum absolute atomic E-state index is 12.6. The second-order valence-electron chi connectivity index (χ2n) is 7.01. The number of imide groups is 1. The molecule has 31 heavy (non-hydrogen) atoms. The largest absolute Gasteiger partial charge is 0.297 e. The number of benzene rings is 2. The molecule has 2 amide bonds. The normalized spacial score (nSPS) is 13.1. The second-order valence-corrected chi connectivity index (χ2v) is 9.02. The average molecular weight is 447 g/mol. The molecule has 0 radical (unpaired) electrons. The van der Waals surface area contributed by atoms with Crippen LogP contribution in [0.2, 0.25) is 0 Å². The molecular formula is C23H18N4O2S2. The van der Waals surface area contributed by atoms with Gasteiger partial charge in [0, 0.05) is 12.3 Å². The Bertz CT molecular complexity index is 1200. The van der Waals surface area contributed by atoms with Gasteiger partial charge in [-0.2, -0.15) is 0 Å². The number of rotatable bonds is 7. The standard InChI is InChI=1S/C23H18N4O2S2/c28-21-17-9-4-5-10-18(17)22(29)26(21)12-14-31-23-25-24-20(19-11-6-13-30-19)27(23)15-16-7-2-1-3-8-16/h1-11,13H,12,14-15H2. The number of nitrogens with zero attached hydrogens (tertiary/aromatic N) is 4. The predicted molar refractivity (Wildman–Crippen MR) is 121 cm³/mol. The van der Waals surface area contributed by atoms with Crippen LogP contribution in [0.4, 0.5) is 0 Å². The molecule has 0 atom stereocenters. The van der Waals surface area contributed by atoms with Crippen molar-refractivity contribution in [3.63, 3.8) is 0 Å². The predicted octanol–water partition coefficient (Wildman–Crippen LogP) is 4.44. The Morgan fingerprint density at radius 2 is 1.55 bits per heavy atom. The highest BCUT2D eigenvalue weighted by Gasteiger charge is 2.34. The van der Waals surface area contributed by atoms with Gasteiger partial charge in [0.2, 0.25) is 0 Å². The molecule has 0 saturated heterocycles. The lowest BCUT2D eigenvalue weighted by Gasteiger charge is -2.14. The van der Waals surface area contributed by atoms with Crippen molar-refractivity contribution >= 4 is 34.9 Å². The van der Waals surface area contributed by atoms with Crippen LogP contribution < -0.4 is 0 Å². The molecule has 2 aromatic heterocycles. The number of thiophene rings is 1. The fourth-order valence-corrected chi connectivity index (χ4v) is 5.14. The Morgan fingerprint density at radius 1 is 0.839 bits per heavy atom. The first-order chi connectivity index (χ1) is 15.2. The molecule has 0 bridgehead atoms. The monoisotopic (exact) mass is 446 g/mol. The molecule has 5 rings (SSSR count). The number of amides is 2. The van der Waals surface area contributed by atoms with E-state index in [4.69, 9.17) is 0 Å². The molecular weight excluding hydrogens is 428 g/mol. The SMILES string of the molecule is O=C1c2ccccc2C(=O)N1CCSc1nnc(-c2cccs2)n1Cc1ccccc1. The molecule has 6 nitrogen and oxygen atoms in total. The molecule has 4 aromatic rings. The summed E-state index contributed by atoms with van der Waals surface area (Å²) in [4.78, 5) is 27.5. The van der Waals surface area contributed by atoms with E-state index in [1.54, 1.807) is 35.6 Å².